The normalized spacial score (nSPS) is 16.8. The highest BCUT2D eigenvalue weighted by Gasteiger charge is 2.34. The number of rotatable bonds is 9. The van der Waals surface area contributed by atoms with Crippen LogP contribution in [0.15, 0.2) is 0 Å². The van der Waals surface area contributed by atoms with Crippen molar-refractivity contribution in [3.8, 4) is 0 Å². The van der Waals surface area contributed by atoms with Gasteiger partial charge in [0.05, 0.1) is 12.1 Å². The zero-order chi connectivity index (χ0) is 12.6. The highest BCUT2D eigenvalue weighted by molar-refractivity contribution is 5.84. The standard InChI is InChI=1S/C12H26N2O2/c1-5-10(3)9-12(6-2,11(13)15)14-7-8-16-4/h10,14H,5-9H2,1-4H3,(H2,13,15). The summed E-state index contributed by atoms with van der Waals surface area (Å²) in [6, 6.07) is 0. The van der Waals surface area contributed by atoms with Gasteiger partial charge < -0.3 is 15.8 Å². The first-order chi connectivity index (χ1) is 7.52. The maximum absolute atomic E-state index is 11.6. The number of ether oxygens (including phenoxy) is 1. The lowest BCUT2D eigenvalue weighted by atomic mass is 9.84. The van der Waals surface area contributed by atoms with Crippen LogP contribution in [0.25, 0.3) is 0 Å². The number of primary amides is 1. The predicted octanol–water partition coefficient (Wildman–Crippen LogP) is 1.29. The Bertz CT molecular complexity index is 209. The van der Waals surface area contributed by atoms with Crippen LogP contribution in [0.2, 0.25) is 0 Å². The van der Waals surface area contributed by atoms with E-state index >= 15 is 0 Å². The second-order valence-corrected chi connectivity index (χ2v) is 4.44. The maximum Gasteiger partial charge on any atom is 0.237 e. The molecule has 0 saturated heterocycles. The van der Waals surface area contributed by atoms with Crippen LogP contribution < -0.4 is 11.1 Å². The Balaban J connectivity index is 4.51. The third-order valence-corrected chi connectivity index (χ3v) is 3.24. The van der Waals surface area contributed by atoms with E-state index in [1.807, 2.05) is 6.92 Å². The zero-order valence-corrected chi connectivity index (χ0v) is 11.0. The van der Waals surface area contributed by atoms with Gasteiger partial charge in [0, 0.05) is 13.7 Å². The van der Waals surface area contributed by atoms with Crippen LogP contribution in [0.4, 0.5) is 0 Å². The van der Waals surface area contributed by atoms with Crippen molar-refractivity contribution in [2.75, 3.05) is 20.3 Å². The molecule has 0 aliphatic rings. The zero-order valence-electron chi connectivity index (χ0n) is 11.0. The van der Waals surface area contributed by atoms with E-state index in [1.54, 1.807) is 7.11 Å². The fraction of sp³-hybridized carbons (Fsp3) is 0.917. The average Bonchev–Trinajstić information content (AvgIpc) is 2.27. The summed E-state index contributed by atoms with van der Waals surface area (Å²) in [5.41, 5.74) is 4.95. The van der Waals surface area contributed by atoms with E-state index in [9.17, 15) is 4.79 Å². The third-order valence-electron chi connectivity index (χ3n) is 3.24. The van der Waals surface area contributed by atoms with E-state index in [0.29, 0.717) is 19.1 Å². The summed E-state index contributed by atoms with van der Waals surface area (Å²) in [5, 5.41) is 3.25. The molecular weight excluding hydrogens is 204 g/mol. The van der Waals surface area contributed by atoms with Crippen LogP contribution in [0, 0.1) is 5.92 Å². The molecule has 3 N–H and O–H groups in total. The number of carbonyl (C=O) groups excluding carboxylic acids is 1. The Kier molecular flexibility index (Phi) is 7.34. The minimum Gasteiger partial charge on any atom is -0.383 e. The molecule has 2 unspecified atom stereocenters. The molecule has 0 aromatic rings. The van der Waals surface area contributed by atoms with Crippen LogP contribution in [0.1, 0.15) is 40.0 Å². The van der Waals surface area contributed by atoms with E-state index in [-0.39, 0.29) is 5.91 Å². The van der Waals surface area contributed by atoms with Crippen LogP contribution in [-0.4, -0.2) is 31.7 Å². The Labute approximate surface area is 98.9 Å². The van der Waals surface area contributed by atoms with E-state index in [4.69, 9.17) is 10.5 Å². The smallest absolute Gasteiger partial charge is 0.237 e. The summed E-state index contributed by atoms with van der Waals surface area (Å²) in [5.74, 6) is 0.230. The molecule has 1 amide bonds. The van der Waals surface area contributed by atoms with Crippen molar-refractivity contribution < 1.29 is 9.53 Å². The van der Waals surface area contributed by atoms with Crippen molar-refractivity contribution in [2.45, 2.75) is 45.6 Å². The molecule has 0 saturated carbocycles. The molecule has 0 aliphatic carbocycles. The van der Waals surface area contributed by atoms with Gasteiger partial charge in [-0.1, -0.05) is 27.2 Å². The second-order valence-electron chi connectivity index (χ2n) is 4.44. The molecule has 0 heterocycles. The quantitative estimate of drug-likeness (QED) is 0.587. The van der Waals surface area contributed by atoms with Crippen molar-refractivity contribution >= 4 is 5.91 Å². The molecule has 0 aromatic carbocycles. The number of hydrogen-bond acceptors (Lipinski definition) is 3. The lowest BCUT2D eigenvalue weighted by molar-refractivity contribution is -0.125. The van der Waals surface area contributed by atoms with Gasteiger partial charge in [-0.25, -0.2) is 0 Å². The lowest BCUT2D eigenvalue weighted by Gasteiger charge is -2.33. The van der Waals surface area contributed by atoms with Crippen molar-refractivity contribution in [1.29, 1.82) is 0 Å². The molecule has 0 rings (SSSR count). The Hall–Kier alpha value is -0.610. The Morgan fingerprint density at radius 1 is 1.50 bits per heavy atom. The van der Waals surface area contributed by atoms with Gasteiger partial charge in [0.1, 0.15) is 0 Å². The number of carbonyl (C=O) groups is 1. The predicted molar refractivity (Wildman–Crippen MR) is 66.2 cm³/mol. The van der Waals surface area contributed by atoms with Crippen molar-refractivity contribution in [2.24, 2.45) is 11.7 Å². The lowest BCUT2D eigenvalue weighted by Crippen LogP contribution is -2.56. The molecule has 96 valence electrons. The van der Waals surface area contributed by atoms with Gasteiger partial charge in [0.25, 0.3) is 0 Å². The van der Waals surface area contributed by atoms with Gasteiger partial charge in [-0.3, -0.25) is 4.79 Å². The van der Waals surface area contributed by atoms with Crippen LogP contribution in [0.3, 0.4) is 0 Å². The number of amides is 1. The molecule has 0 radical (unpaired) electrons. The average molecular weight is 230 g/mol. The van der Waals surface area contributed by atoms with E-state index in [0.717, 1.165) is 19.3 Å². The largest absolute Gasteiger partial charge is 0.383 e. The molecule has 2 atom stereocenters. The molecule has 0 fully saturated rings. The van der Waals surface area contributed by atoms with Gasteiger partial charge >= 0.3 is 0 Å². The summed E-state index contributed by atoms with van der Waals surface area (Å²) in [7, 11) is 1.65. The van der Waals surface area contributed by atoms with Gasteiger partial charge in [0.2, 0.25) is 5.91 Å². The van der Waals surface area contributed by atoms with Crippen molar-refractivity contribution in [3.63, 3.8) is 0 Å². The van der Waals surface area contributed by atoms with Crippen LogP contribution in [0.5, 0.6) is 0 Å². The molecule has 16 heavy (non-hydrogen) atoms. The highest BCUT2D eigenvalue weighted by Crippen LogP contribution is 2.22. The van der Waals surface area contributed by atoms with E-state index < -0.39 is 5.54 Å². The summed E-state index contributed by atoms with van der Waals surface area (Å²) >= 11 is 0. The molecule has 0 aromatic heterocycles. The Morgan fingerprint density at radius 2 is 2.12 bits per heavy atom. The van der Waals surface area contributed by atoms with Gasteiger partial charge in [-0.15, -0.1) is 0 Å². The highest BCUT2D eigenvalue weighted by atomic mass is 16.5. The first-order valence-electron chi connectivity index (χ1n) is 6.06. The summed E-state index contributed by atoms with van der Waals surface area (Å²) < 4.78 is 4.98. The van der Waals surface area contributed by atoms with Crippen LogP contribution >= 0.6 is 0 Å². The first kappa shape index (κ1) is 15.4. The van der Waals surface area contributed by atoms with Crippen molar-refractivity contribution in [3.05, 3.63) is 0 Å². The van der Waals surface area contributed by atoms with E-state index in [2.05, 4.69) is 19.2 Å². The minimum atomic E-state index is -0.575. The Morgan fingerprint density at radius 3 is 2.50 bits per heavy atom. The molecule has 4 nitrogen and oxygen atoms in total. The number of methoxy groups -OCH3 is 1. The molecular formula is C12H26N2O2. The molecule has 0 aliphatic heterocycles. The maximum atomic E-state index is 11.6. The number of hydrogen-bond donors (Lipinski definition) is 2. The SMILES string of the molecule is CCC(C)CC(CC)(NCCOC)C(N)=O. The van der Waals surface area contributed by atoms with Crippen LogP contribution in [-0.2, 0) is 9.53 Å². The van der Waals surface area contributed by atoms with E-state index in [1.165, 1.54) is 0 Å². The van der Waals surface area contributed by atoms with Gasteiger partial charge in [-0.2, -0.15) is 0 Å². The second kappa shape index (κ2) is 7.63. The topological polar surface area (TPSA) is 64.3 Å². The molecule has 0 bridgehead atoms. The van der Waals surface area contributed by atoms with Crippen molar-refractivity contribution in [1.82, 2.24) is 5.32 Å². The fourth-order valence-corrected chi connectivity index (χ4v) is 1.84. The number of nitrogens with two attached hydrogens (primary N) is 1. The summed E-state index contributed by atoms with van der Waals surface area (Å²) in [6.07, 6.45) is 2.57. The molecule has 4 heteroatoms. The molecule has 0 spiro atoms. The van der Waals surface area contributed by atoms with Gasteiger partial charge in [-0.05, 0) is 18.8 Å². The fourth-order valence-electron chi connectivity index (χ4n) is 1.84. The third kappa shape index (κ3) is 4.49. The first-order valence-corrected chi connectivity index (χ1v) is 6.06. The summed E-state index contributed by atoms with van der Waals surface area (Å²) in [6.45, 7) is 7.51. The minimum absolute atomic E-state index is 0.258. The van der Waals surface area contributed by atoms with Gasteiger partial charge in [0.15, 0.2) is 0 Å². The summed E-state index contributed by atoms with van der Waals surface area (Å²) in [4.78, 5) is 11.6. The number of nitrogens with one attached hydrogen (secondary N) is 1. The monoisotopic (exact) mass is 230 g/mol.